The molecule has 0 bridgehead atoms. The van der Waals surface area contributed by atoms with E-state index in [1.807, 2.05) is 23.1 Å². The van der Waals surface area contributed by atoms with E-state index in [2.05, 4.69) is 25.2 Å². The van der Waals surface area contributed by atoms with Gasteiger partial charge in [0.15, 0.2) is 0 Å². The quantitative estimate of drug-likeness (QED) is 0.389. The van der Waals surface area contributed by atoms with Crippen molar-refractivity contribution in [2.75, 3.05) is 69.9 Å². The molecule has 8 nitrogen and oxygen atoms in total. The number of hydrogen-bond donors (Lipinski definition) is 0. The Labute approximate surface area is 215 Å². The van der Waals surface area contributed by atoms with E-state index in [4.69, 9.17) is 9.47 Å². The molecule has 1 fully saturated rings. The maximum absolute atomic E-state index is 13.2. The van der Waals surface area contributed by atoms with Crippen LogP contribution in [0.1, 0.15) is 17.8 Å². The lowest BCUT2D eigenvalue weighted by Crippen LogP contribution is -2.49. The molecule has 1 saturated heterocycles. The number of piperazine rings is 1. The summed E-state index contributed by atoms with van der Waals surface area (Å²) in [6.07, 6.45) is 0.926. The smallest absolute Gasteiger partial charge is 0.224 e. The summed E-state index contributed by atoms with van der Waals surface area (Å²) in [6.45, 7) is 4.58. The third-order valence-corrected chi connectivity index (χ3v) is 7.04. The molecule has 0 aliphatic carbocycles. The normalized spacial score (nSPS) is 13.6. The fourth-order valence-corrected chi connectivity index (χ4v) is 4.95. The molecule has 0 radical (unpaired) electrons. The number of aromatic nitrogens is 2. The Morgan fingerprint density at radius 1 is 1.06 bits per heavy atom. The zero-order valence-corrected chi connectivity index (χ0v) is 21.5. The minimum absolute atomic E-state index is 0.133. The summed E-state index contributed by atoms with van der Waals surface area (Å²) in [5, 5.41) is 0.762. The van der Waals surface area contributed by atoms with Gasteiger partial charge in [0.05, 0.1) is 19.4 Å². The molecule has 2 aromatic carbocycles. The molecule has 36 heavy (non-hydrogen) atoms. The molecule has 192 valence electrons. The van der Waals surface area contributed by atoms with Gasteiger partial charge in [0.1, 0.15) is 17.4 Å². The Bertz CT molecular complexity index is 1120. The van der Waals surface area contributed by atoms with Crippen LogP contribution in [0.3, 0.4) is 0 Å². The van der Waals surface area contributed by atoms with Gasteiger partial charge in [0.2, 0.25) is 11.0 Å². The predicted octanol–water partition coefficient (Wildman–Crippen LogP) is 3.47. The van der Waals surface area contributed by atoms with Gasteiger partial charge in [-0.1, -0.05) is 24.3 Å². The molecule has 2 heterocycles. The molecular formula is C26H32FN5O3S. The Hall–Kier alpha value is -3.24. The van der Waals surface area contributed by atoms with Crippen molar-refractivity contribution in [2.24, 2.45) is 0 Å². The molecule has 10 heteroatoms. The second kappa shape index (κ2) is 12.6. The summed E-state index contributed by atoms with van der Waals surface area (Å²) in [6, 6.07) is 14.3. The minimum Gasteiger partial charge on any atom is -0.495 e. The van der Waals surface area contributed by atoms with Crippen LogP contribution in [0.25, 0.3) is 0 Å². The molecule has 4 rings (SSSR count). The number of nitrogens with zero attached hydrogens (tertiary/aromatic N) is 5. The lowest BCUT2D eigenvalue weighted by atomic mass is 10.1. The average Bonchev–Trinajstić information content (AvgIpc) is 3.38. The van der Waals surface area contributed by atoms with Crippen LogP contribution in [0.5, 0.6) is 5.75 Å². The number of rotatable bonds is 11. The number of para-hydroxylation sites is 2. The Kier molecular flexibility index (Phi) is 9.07. The van der Waals surface area contributed by atoms with Gasteiger partial charge in [-0.05, 0) is 29.8 Å². The van der Waals surface area contributed by atoms with E-state index in [0.29, 0.717) is 51.5 Å². The number of methoxy groups -OCH3 is 2. The molecule has 1 aliphatic rings. The van der Waals surface area contributed by atoms with Crippen LogP contribution in [-0.2, 0) is 16.0 Å². The molecule has 0 atom stereocenters. The van der Waals surface area contributed by atoms with Gasteiger partial charge in [0, 0.05) is 70.8 Å². The van der Waals surface area contributed by atoms with Crippen molar-refractivity contribution >= 4 is 28.3 Å². The predicted molar refractivity (Wildman–Crippen MR) is 140 cm³/mol. The second-order valence-electron chi connectivity index (χ2n) is 8.57. The number of ether oxygens (including phenoxy) is 2. The summed E-state index contributed by atoms with van der Waals surface area (Å²) >= 11 is 1.31. The van der Waals surface area contributed by atoms with Crippen molar-refractivity contribution in [1.29, 1.82) is 0 Å². The summed E-state index contributed by atoms with van der Waals surface area (Å²) in [5.74, 6) is 1.40. The number of carbonyl (C=O) groups is 1. The lowest BCUT2D eigenvalue weighted by Gasteiger charge is -2.37. The molecule has 1 aromatic heterocycles. The van der Waals surface area contributed by atoms with Crippen molar-refractivity contribution in [3.05, 3.63) is 65.7 Å². The van der Waals surface area contributed by atoms with Gasteiger partial charge in [-0.3, -0.25) is 4.79 Å². The number of halogens is 1. The SMILES string of the molecule is COCCN(CCC(=O)N1CCN(c2ccccc2OC)CC1)c1nc(Cc2ccc(F)cc2)ns1. The third kappa shape index (κ3) is 6.70. The highest BCUT2D eigenvalue weighted by Gasteiger charge is 2.24. The van der Waals surface area contributed by atoms with Crippen molar-refractivity contribution < 1.29 is 18.7 Å². The topological polar surface area (TPSA) is 71.0 Å². The number of benzene rings is 2. The van der Waals surface area contributed by atoms with Crippen molar-refractivity contribution in [3.8, 4) is 5.75 Å². The fourth-order valence-electron chi connectivity index (χ4n) is 4.21. The van der Waals surface area contributed by atoms with Crippen LogP contribution in [0.2, 0.25) is 0 Å². The average molecular weight is 514 g/mol. The van der Waals surface area contributed by atoms with Crippen molar-refractivity contribution in [2.45, 2.75) is 12.8 Å². The van der Waals surface area contributed by atoms with E-state index in [0.717, 1.165) is 35.2 Å². The Morgan fingerprint density at radius 3 is 2.53 bits per heavy atom. The van der Waals surface area contributed by atoms with Crippen LogP contribution in [0.15, 0.2) is 48.5 Å². The summed E-state index contributed by atoms with van der Waals surface area (Å²) < 4.78 is 28.4. The monoisotopic (exact) mass is 513 g/mol. The maximum atomic E-state index is 13.2. The third-order valence-electron chi connectivity index (χ3n) is 6.22. The zero-order valence-electron chi connectivity index (χ0n) is 20.7. The first kappa shape index (κ1) is 25.8. The largest absolute Gasteiger partial charge is 0.495 e. The standard InChI is InChI=1S/C26H32FN5O3S/c1-34-18-17-32(26-28-24(29-36-26)19-20-7-9-21(27)10-8-20)12-11-25(33)31-15-13-30(14-16-31)22-5-3-4-6-23(22)35-2/h3-10H,11-19H2,1-2H3. The van der Waals surface area contributed by atoms with Crippen LogP contribution in [-0.4, -0.2) is 80.3 Å². The van der Waals surface area contributed by atoms with Gasteiger partial charge in [-0.2, -0.15) is 4.37 Å². The summed E-state index contributed by atoms with van der Waals surface area (Å²) in [7, 11) is 3.34. The molecule has 1 aliphatic heterocycles. The van der Waals surface area contributed by atoms with Gasteiger partial charge in [0.25, 0.3) is 0 Å². The van der Waals surface area contributed by atoms with E-state index in [9.17, 15) is 9.18 Å². The fraction of sp³-hybridized carbons (Fsp3) is 0.423. The van der Waals surface area contributed by atoms with Gasteiger partial charge in [-0.25, -0.2) is 9.37 Å². The van der Waals surface area contributed by atoms with E-state index >= 15 is 0 Å². The maximum Gasteiger partial charge on any atom is 0.224 e. The van der Waals surface area contributed by atoms with Crippen molar-refractivity contribution in [1.82, 2.24) is 14.3 Å². The molecule has 3 aromatic rings. The molecular weight excluding hydrogens is 481 g/mol. The van der Waals surface area contributed by atoms with Crippen LogP contribution in [0.4, 0.5) is 15.2 Å². The molecule has 0 saturated carbocycles. The first-order chi connectivity index (χ1) is 17.6. The number of amides is 1. The van der Waals surface area contributed by atoms with Gasteiger partial charge < -0.3 is 24.2 Å². The Balaban J connectivity index is 1.31. The van der Waals surface area contributed by atoms with E-state index < -0.39 is 0 Å². The number of hydrogen-bond acceptors (Lipinski definition) is 8. The van der Waals surface area contributed by atoms with Gasteiger partial charge >= 0.3 is 0 Å². The molecule has 0 unspecified atom stereocenters. The second-order valence-corrected chi connectivity index (χ2v) is 9.30. The molecule has 0 N–H and O–H groups in total. The van der Waals surface area contributed by atoms with Crippen LogP contribution >= 0.6 is 11.5 Å². The number of carbonyl (C=O) groups excluding carboxylic acids is 1. The highest BCUT2D eigenvalue weighted by molar-refractivity contribution is 7.09. The van der Waals surface area contributed by atoms with Crippen LogP contribution in [0, 0.1) is 5.82 Å². The first-order valence-corrected chi connectivity index (χ1v) is 12.8. The lowest BCUT2D eigenvalue weighted by molar-refractivity contribution is -0.131. The number of anilines is 2. The minimum atomic E-state index is -0.262. The first-order valence-electron chi connectivity index (χ1n) is 12.0. The molecule has 0 spiro atoms. The highest BCUT2D eigenvalue weighted by Crippen LogP contribution is 2.28. The van der Waals surface area contributed by atoms with Crippen molar-refractivity contribution in [3.63, 3.8) is 0 Å². The van der Waals surface area contributed by atoms with E-state index in [1.54, 1.807) is 26.4 Å². The van der Waals surface area contributed by atoms with E-state index in [1.165, 1.54) is 23.7 Å². The molecule has 1 amide bonds. The summed E-state index contributed by atoms with van der Waals surface area (Å²) in [4.78, 5) is 23.9. The van der Waals surface area contributed by atoms with Gasteiger partial charge in [-0.15, -0.1) is 0 Å². The Morgan fingerprint density at radius 2 is 1.81 bits per heavy atom. The highest BCUT2D eigenvalue weighted by atomic mass is 32.1. The van der Waals surface area contributed by atoms with E-state index in [-0.39, 0.29) is 11.7 Å². The van der Waals surface area contributed by atoms with Crippen LogP contribution < -0.4 is 14.5 Å². The zero-order chi connectivity index (χ0) is 25.3. The summed E-state index contributed by atoms with van der Waals surface area (Å²) in [5.41, 5.74) is 2.01.